The van der Waals surface area contributed by atoms with E-state index in [9.17, 15) is 13.6 Å². The van der Waals surface area contributed by atoms with E-state index in [2.05, 4.69) is 35.2 Å². The van der Waals surface area contributed by atoms with Gasteiger partial charge >= 0.3 is 0 Å². The molecule has 0 atom stereocenters. The van der Waals surface area contributed by atoms with Gasteiger partial charge in [-0.3, -0.25) is 4.79 Å². The molecule has 0 radical (unpaired) electrons. The Hall–Kier alpha value is -3.70. The van der Waals surface area contributed by atoms with E-state index in [0.29, 0.717) is 52.8 Å². The molecule has 1 fully saturated rings. The maximum absolute atomic E-state index is 13.0. The Morgan fingerprint density at radius 3 is 2.74 bits per heavy atom. The smallest absolute Gasteiger partial charge is 0.256 e. The van der Waals surface area contributed by atoms with Gasteiger partial charge in [-0.2, -0.15) is 4.98 Å². The van der Waals surface area contributed by atoms with Crippen LogP contribution in [0, 0.1) is 12.3 Å². The normalized spacial score (nSPS) is 20.1. The lowest BCUT2D eigenvalue weighted by atomic mass is 9.66. The molecular formula is C22H25F2N9O. The van der Waals surface area contributed by atoms with Crippen LogP contribution in [0.1, 0.15) is 25.6 Å². The summed E-state index contributed by atoms with van der Waals surface area (Å²) >= 11 is 0. The quantitative estimate of drug-likeness (QED) is 0.446. The Labute approximate surface area is 193 Å². The summed E-state index contributed by atoms with van der Waals surface area (Å²) in [5.41, 5.74) is 2.10. The third-order valence-corrected chi connectivity index (χ3v) is 6.33. The predicted molar refractivity (Wildman–Crippen MR) is 122 cm³/mol. The van der Waals surface area contributed by atoms with E-state index < -0.39 is 13.0 Å². The van der Waals surface area contributed by atoms with Crippen LogP contribution in [0.5, 0.6) is 0 Å². The zero-order valence-electron chi connectivity index (χ0n) is 19.3. The minimum atomic E-state index is -2.52. The molecule has 1 aliphatic carbocycles. The van der Waals surface area contributed by atoms with Crippen LogP contribution in [-0.2, 0) is 11.3 Å². The Balaban J connectivity index is 1.38. The number of carbonyl (C=O) groups excluding carboxylic acids is 1. The number of hydrogen-bond acceptors (Lipinski definition) is 7. The molecule has 12 heteroatoms. The molecule has 0 aromatic carbocycles. The average Bonchev–Trinajstić information content (AvgIpc) is 3.31. The summed E-state index contributed by atoms with van der Waals surface area (Å²) in [5, 5.41) is 4.03. The van der Waals surface area contributed by atoms with E-state index in [1.807, 2.05) is 6.92 Å². The van der Waals surface area contributed by atoms with Crippen molar-refractivity contribution in [2.45, 2.75) is 45.7 Å². The van der Waals surface area contributed by atoms with Crippen molar-refractivity contribution in [3.8, 4) is 11.3 Å². The van der Waals surface area contributed by atoms with Gasteiger partial charge in [0.05, 0.1) is 23.9 Å². The van der Waals surface area contributed by atoms with Crippen LogP contribution in [0.3, 0.4) is 0 Å². The Kier molecular flexibility index (Phi) is 5.18. The van der Waals surface area contributed by atoms with Gasteiger partial charge in [0.2, 0.25) is 11.9 Å². The second-order valence-corrected chi connectivity index (χ2v) is 9.23. The second kappa shape index (κ2) is 7.96. The summed E-state index contributed by atoms with van der Waals surface area (Å²) in [6.07, 6.45) is 3.89. The number of aromatic amines is 1. The summed E-state index contributed by atoms with van der Waals surface area (Å²) in [6.45, 7) is 3.13. The van der Waals surface area contributed by atoms with Crippen LogP contribution in [0.25, 0.3) is 33.6 Å². The van der Waals surface area contributed by atoms with Crippen molar-refractivity contribution in [1.82, 2.24) is 39.4 Å². The van der Waals surface area contributed by atoms with Crippen LogP contribution in [-0.4, -0.2) is 71.8 Å². The molecule has 0 unspecified atom stereocenters. The number of fused-ring (bicyclic) bond motifs is 2. The van der Waals surface area contributed by atoms with Gasteiger partial charge in [-0.25, -0.2) is 28.7 Å². The van der Waals surface area contributed by atoms with Gasteiger partial charge in [0.25, 0.3) is 6.43 Å². The fourth-order valence-corrected chi connectivity index (χ4v) is 4.70. The average molecular weight is 470 g/mol. The number of alkyl halides is 2. The summed E-state index contributed by atoms with van der Waals surface area (Å²) in [6, 6.07) is 0.118. The van der Waals surface area contributed by atoms with Crippen molar-refractivity contribution in [3.63, 3.8) is 0 Å². The molecule has 0 saturated heterocycles. The molecular weight excluding hydrogens is 444 g/mol. The van der Waals surface area contributed by atoms with Crippen molar-refractivity contribution >= 4 is 34.2 Å². The van der Waals surface area contributed by atoms with Crippen LogP contribution in [0.15, 0.2) is 18.6 Å². The largest absolute Gasteiger partial charge is 0.351 e. The zero-order valence-corrected chi connectivity index (χ0v) is 19.3. The van der Waals surface area contributed by atoms with Crippen molar-refractivity contribution < 1.29 is 13.6 Å². The van der Waals surface area contributed by atoms with Crippen molar-refractivity contribution in [2.75, 3.05) is 19.4 Å². The SMILES string of the molecule is Cc1nc2ncc(-c3c[nH]c4nc(NC5CC(C)(C(=O)N(C)C)C5)ncc34)nc2n1CC(F)F. The number of aryl methyl sites for hydroxylation is 1. The van der Waals surface area contributed by atoms with E-state index in [1.54, 1.807) is 44.5 Å². The van der Waals surface area contributed by atoms with Crippen molar-refractivity contribution in [1.29, 1.82) is 0 Å². The number of nitrogens with zero attached hydrogens (tertiary/aromatic N) is 7. The molecule has 2 N–H and O–H groups in total. The molecule has 4 aromatic heterocycles. The first-order valence-corrected chi connectivity index (χ1v) is 11.0. The molecule has 0 spiro atoms. The number of rotatable bonds is 6. The predicted octanol–water partition coefficient (Wildman–Crippen LogP) is 3.01. The van der Waals surface area contributed by atoms with Crippen molar-refractivity contribution in [3.05, 3.63) is 24.4 Å². The van der Waals surface area contributed by atoms with Crippen LogP contribution >= 0.6 is 0 Å². The number of H-pyrrole nitrogens is 1. The highest BCUT2D eigenvalue weighted by molar-refractivity contribution is 5.93. The molecule has 4 heterocycles. The van der Waals surface area contributed by atoms with Gasteiger partial charge in [0, 0.05) is 43.5 Å². The number of aromatic nitrogens is 7. The molecule has 0 bridgehead atoms. The highest BCUT2D eigenvalue weighted by atomic mass is 19.3. The van der Waals surface area contributed by atoms with Gasteiger partial charge in [0.15, 0.2) is 11.3 Å². The topological polar surface area (TPSA) is 118 Å². The number of anilines is 1. The summed E-state index contributed by atoms with van der Waals surface area (Å²) < 4.78 is 27.4. The number of amides is 1. The summed E-state index contributed by atoms with van der Waals surface area (Å²) in [7, 11) is 3.54. The molecule has 1 aliphatic rings. The lowest BCUT2D eigenvalue weighted by molar-refractivity contribution is -0.143. The Bertz CT molecular complexity index is 1390. The maximum Gasteiger partial charge on any atom is 0.256 e. The second-order valence-electron chi connectivity index (χ2n) is 9.23. The minimum Gasteiger partial charge on any atom is -0.351 e. The lowest BCUT2D eigenvalue weighted by Gasteiger charge is -2.45. The number of carbonyl (C=O) groups is 1. The van der Waals surface area contributed by atoms with E-state index in [0.717, 1.165) is 5.39 Å². The van der Waals surface area contributed by atoms with Gasteiger partial charge in [-0.1, -0.05) is 6.92 Å². The molecule has 5 rings (SSSR count). The van der Waals surface area contributed by atoms with Crippen LogP contribution in [0.4, 0.5) is 14.7 Å². The summed E-state index contributed by atoms with van der Waals surface area (Å²) in [4.78, 5) is 39.2. The van der Waals surface area contributed by atoms with Crippen LogP contribution < -0.4 is 5.32 Å². The number of hydrogen-bond donors (Lipinski definition) is 2. The summed E-state index contributed by atoms with van der Waals surface area (Å²) in [5.74, 6) is 1.03. The van der Waals surface area contributed by atoms with Gasteiger partial charge in [0.1, 0.15) is 11.5 Å². The first-order valence-electron chi connectivity index (χ1n) is 11.0. The molecule has 1 amide bonds. The van der Waals surface area contributed by atoms with Gasteiger partial charge in [-0.05, 0) is 19.8 Å². The lowest BCUT2D eigenvalue weighted by Crippen LogP contribution is -2.52. The third kappa shape index (κ3) is 3.72. The standard InChI is InChI=1S/C22H25F2N9O/c1-11-28-18-19(33(11)10-16(23)24)30-15(9-26-18)13-7-25-17-14(13)8-27-21(31-17)29-12-5-22(2,6-12)20(34)32(3)4/h7-9,12,16H,5-6,10H2,1-4H3,(H2,25,27,29,31). The Morgan fingerprint density at radius 2 is 2.03 bits per heavy atom. The van der Waals surface area contributed by atoms with E-state index in [4.69, 9.17) is 0 Å². The van der Waals surface area contributed by atoms with Gasteiger partial charge < -0.3 is 19.8 Å². The molecule has 178 valence electrons. The monoisotopic (exact) mass is 469 g/mol. The molecule has 4 aromatic rings. The van der Waals surface area contributed by atoms with E-state index in [1.165, 1.54) is 4.57 Å². The Morgan fingerprint density at radius 1 is 1.26 bits per heavy atom. The molecule has 10 nitrogen and oxygen atoms in total. The minimum absolute atomic E-state index is 0.118. The van der Waals surface area contributed by atoms with E-state index >= 15 is 0 Å². The third-order valence-electron chi connectivity index (χ3n) is 6.33. The number of imidazole rings is 1. The van der Waals surface area contributed by atoms with Crippen LogP contribution in [0.2, 0.25) is 0 Å². The highest BCUT2D eigenvalue weighted by Crippen LogP contribution is 2.43. The zero-order chi connectivity index (χ0) is 24.2. The fourth-order valence-electron chi connectivity index (χ4n) is 4.70. The van der Waals surface area contributed by atoms with Gasteiger partial charge in [-0.15, -0.1) is 0 Å². The molecule has 0 aliphatic heterocycles. The van der Waals surface area contributed by atoms with Crippen molar-refractivity contribution in [2.24, 2.45) is 5.41 Å². The molecule has 1 saturated carbocycles. The van der Waals surface area contributed by atoms with E-state index in [-0.39, 0.29) is 17.4 Å². The first kappa shape index (κ1) is 22.1. The molecule has 34 heavy (non-hydrogen) atoms. The maximum atomic E-state index is 13.0. The number of nitrogens with one attached hydrogen (secondary N) is 2. The number of halogens is 2. The highest BCUT2D eigenvalue weighted by Gasteiger charge is 2.47. The first-order chi connectivity index (χ1) is 16.1. The fraction of sp³-hybridized carbons (Fsp3) is 0.455.